The lowest BCUT2D eigenvalue weighted by molar-refractivity contribution is -0.115. The molecule has 0 aliphatic rings. The minimum absolute atomic E-state index is 0.155. The van der Waals surface area contributed by atoms with Crippen molar-refractivity contribution in [2.45, 2.75) is 16.2 Å². The van der Waals surface area contributed by atoms with Crippen LogP contribution in [-0.2, 0) is 11.2 Å². The fourth-order valence-electron chi connectivity index (χ4n) is 0.961. The van der Waals surface area contributed by atoms with E-state index in [4.69, 9.17) is 0 Å². The Morgan fingerprint density at radius 1 is 1.38 bits per heavy atom. The third-order valence-electron chi connectivity index (χ3n) is 1.61. The molecule has 4 heteroatoms. The molecule has 0 saturated carbocycles. The van der Waals surface area contributed by atoms with E-state index < -0.39 is 0 Å². The molecule has 13 heavy (non-hydrogen) atoms. The molecule has 1 aromatic carbocycles. The van der Waals surface area contributed by atoms with Crippen LogP contribution in [0.5, 0.6) is 0 Å². The van der Waals surface area contributed by atoms with E-state index in [-0.39, 0.29) is 5.78 Å². The number of rotatable bonds is 3. The fraction of sp³-hybridized carbons (Fsp3) is 0.222. The normalized spacial score (nSPS) is 10.1. The van der Waals surface area contributed by atoms with Crippen LogP contribution in [0.4, 0.5) is 0 Å². The monoisotopic (exact) mass is 276 g/mol. The molecule has 0 radical (unpaired) electrons. The number of benzene rings is 1. The number of carbonyl (C=O) groups is 1. The number of Topliss-reactive ketones (excluding diaryl/α,β-unsaturated/α-hetero) is 1. The summed E-state index contributed by atoms with van der Waals surface area (Å²) in [6.45, 7) is 0. The zero-order chi connectivity index (χ0) is 9.84. The molecule has 0 aliphatic heterocycles. The summed E-state index contributed by atoms with van der Waals surface area (Å²) in [5.41, 5.74) is 0.950. The number of ketones is 1. The molecular formula is C9H9BrOS2. The van der Waals surface area contributed by atoms with E-state index in [0.29, 0.717) is 11.8 Å². The first-order valence-electron chi connectivity index (χ1n) is 3.72. The molecule has 0 N–H and O–H groups in total. The van der Waals surface area contributed by atoms with Crippen molar-refractivity contribution in [1.29, 1.82) is 0 Å². The van der Waals surface area contributed by atoms with Gasteiger partial charge in [-0.05, 0) is 17.7 Å². The number of hydrogen-bond donors (Lipinski definition) is 2. The second-order valence-corrected chi connectivity index (χ2v) is 4.22. The van der Waals surface area contributed by atoms with Crippen molar-refractivity contribution in [1.82, 2.24) is 0 Å². The lowest BCUT2D eigenvalue weighted by atomic mass is 10.1. The van der Waals surface area contributed by atoms with Gasteiger partial charge < -0.3 is 0 Å². The maximum Gasteiger partial charge on any atom is 0.147 e. The molecule has 0 bridgehead atoms. The Labute approximate surface area is 96.9 Å². The minimum Gasteiger partial charge on any atom is -0.298 e. The molecular weight excluding hydrogens is 268 g/mol. The average Bonchev–Trinajstić information content (AvgIpc) is 2.09. The van der Waals surface area contributed by atoms with Gasteiger partial charge in [0, 0.05) is 16.2 Å². The van der Waals surface area contributed by atoms with Crippen LogP contribution >= 0.6 is 41.2 Å². The molecule has 1 rings (SSSR count). The van der Waals surface area contributed by atoms with Gasteiger partial charge in [-0.2, -0.15) is 0 Å². The van der Waals surface area contributed by atoms with Crippen LogP contribution in [0.1, 0.15) is 5.56 Å². The van der Waals surface area contributed by atoms with Crippen molar-refractivity contribution >= 4 is 47.0 Å². The van der Waals surface area contributed by atoms with E-state index in [9.17, 15) is 4.79 Å². The van der Waals surface area contributed by atoms with Crippen molar-refractivity contribution < 1.29 is 4.79 Å². The summed E-state index contributed by atoms with van der Waals surface area (Å²) >= 11 is 11.6. The van der Waals surface area contributed by atoms with Gasteiger partial charge >= 0.3 is 0 Å². The number of halogens is 1. The lowest BCUT2D eigenvalue weighted by Crippen LogP contribution is -2.03. The van der Waals surface area contributed by atoms with Gasteiger partial charge in [0.1, 0.15) is 5.78 Å². The molecule has 0 saturated heterocycles. The first kappa shape index (κ1) is 11.1. The highest BCUT2D eigenvalue weighted by molar-refractivity contribution is 9.09. The largest absolute Gasteiger partial charge is 0.298 e. The SMILES string of the molecule is O=C(CBr)Cc1ccc(S)cc1S. The lowest BCUT2D eigenvalue weighted by Gasteiger charge is -2.03. The van der Waals surface area contributed by atoms with Crippen LogP contribution in [0.15, 0.2) is 28.0 Å². The molecule has 0 atom stereocenters. The van der Waals surface area contributed by atoms with Gasteiger partial charge in [-0.15, -0.1) is 25.3 Å². The Hall–Kier alpha value is 0.0700. The van der Waals surface area contributed by atoms with Gasteiger partial charge in [-0.25, -0.2) is 0 Å². The third kappa shape index (κ3) is 3.37. The van der Waals surface area contributed by atoms with Crippen LogP contribution in [-0.4, -0.2) is 11.1 Å². The quantitative estimate of drug-likeness (QED) is 0.642. The van der Waals surface area contributed by atoms with Crippen LogP contribution in [0.3, 0.4) is 0 Å². The summed E-state index contributed by atoms with van der Waals surface area (Å²) in [7, 11) is 0. The van der Waals surface area contributed by atoms with Gasteiger partial charge in [0.05, 0.1) is 5.33 Å². The van der Waals surface area contributed by atoms with Gasteiger partial charge in [0.15, 0.2) is 0 Å². The van der Waals surface area contributed by atoms with E-state index in [2.05, 4.69) is 41.2 Å². The first-order valence-corrected chi connectivity index (χ1v) is 5.73. The number of hydrogen-bond acceptors (Lipinski definition) is 3. The van der Waals surface area contributed by atoms with E-state index >= 15 is 0 Å². The van der Waals surface area contributed by atoms with E-state index in [1.165, 1.54) is 0 Å². The van der Waals surface area contributed by atoms with Crippen molar-refractivity contribution in [2.24, 2.45) is 0 Å². The average molecular weight is 277 g/mol. The predicted molar refractivity (Wildman–Crippen MR) is 63.5 cm³/mol. The van der Waals surface area contributed by atoms with Crippen molar-refractivity contribution in [3.05, 3.63) is 23.8 Å². The molecule has 0 amide bonds. The molecule has 0 aromatic heterocycles. The molecule has 1 aromatic rings. The summed E-state index contributed by atoms with van der Waals surface area (Å²) in [4.78, 5) is 12.8. The van der Waals surface area contributed by atoms with E-state index in [1.807, 2.05) is 18.2 Å². The maximum absolute atomic E-state index is 11.1. The molecule has 1 nitrogen and oxygen atoms in total. The highest BCUT2D eigenvalue weighted by Gasteiger charge is 2.04. The predicted octanol–water partition coefficient (Wildman–Crippen LogP) is 2.77. The Kier molecular flexibility index (Phi) is 4.35. The zero-order valence-electron chi connectivity index (χ0n) is 6.83. The standard InChI is InChI=1S/C9H9BrOS2/c10-5-7(11)3-6-1-2-8(12)4-9(6)13/h1-2,4,12-13H,3,5H2. The Bertz CT molecular complexity index is 325. The second kappa shape index (κ2) is 5.08. The Balaban J connectivity index is 2.83. The van der Waals surface area contributed by atoms with Crippen LogP contribution < -0.4 is 0 Å². The number of thiol groups is 2. The zero-order valence-corrected chi connectivity index (χ0v) is 10.2. The minimum atomic E-state index is 0.155. The number of alkyl halides is 1. The molecule has 0 aliphatic carbocycles. The fourth-order valence-corrected chi connectivity index (χ4v) is 1.76. The maximum atomic E-state index is 11.1. The summed E-state index contributed by atoms with van der Waals surface area (Å²) in [5.74, 6) is 0.155. The summed E-state index contributed by atoms with van der Waals surface area (Å²) < 4.78 is 0. The summed E-state index contributed by atoms with van der Waals surface area (Å²) in [6.07, 6.45) is 0.429. The summed E-state index contributed by atoms with van der Waals surface area (Å²) in [5, 5.41) is 0.392. The van der Waals surface area contributed by atoms with E-state index in [0.717, 1.165) is 15.4 Å². The van der Waals surface area contributed by atoms with Gasteiger partial charge in [-0.1, -0.05) is 22.0 Å². The highest BCUT2D eigenvalue weighted by atomic mass is 79.9. The smallest absolute Gasteiger partial charge is 0.147 e. The molecule has 0 fully saturated rings. The van der Waals surface area contributed by atoms with Crippen molar-refractivity contribution in [3.8, 4) is 0 Å². The van der Waals surface area contributed by atoms with Crippen LogP contribution in [0.25, 0.3) is 0 Å². The highest BCUT2D eigenvalue weighted by Crippen LogP contribution is 2.19. The number of carbonyl (C=O) groups excluding carboxylic acids is 1. The topological polar surface area (TPSA) is 17.1 Å². The first-order chi connectivity index (χ1) is 6.13. The molecule has 0 heterocycles. The Morgan fingerprint density at radius 2 is 2.08 bits per heavy atom. The molecule has 70 valence electrons. The Morgan fingerprint density at radius 3 is 2.62 bits per heavy atom. The summed E-state index contributed by atoms with van der Waals surface area (Å²) in [6, 6.07) is 5.58. The van der Waals surface area contributed by atoms with E-state index in [1.54, 1.807) is 0 Å². The molecule has 0 unspecified atom stereocenters. The second-order valence-electron chi connectivity index (χ2n) is 2.66. The van der Waals surface area contributed by atoms with Crippen LogP contribution in [0.2, 0.25) is 0 Å². The third-order valence-corrected chi connectivity index (χ3v) is 2.93. The van der Waals surface area contributed by atoms with Crippen molar-refractivity contribution in [3.63, 3.8) is 0 Å². The molecule has 0 spiro atoms. The van der Waals surface area contributed by atoms with Gasteiger partial charge in [0.2, 0.25) is 0 Å². The van der Waals surface area contributed by atoms with Gasteiger partial charge in [0.25, 0.3) is 0 Å². The van der Waals surface area contributed by atoms with Crippen LogP contribution in [0, 0.1) is 0 Å². The van der Waals surface area contributed by atoms with Gasteiger partial charge in [-0.3, -0.25) is 4.79 Å². The van der Waals surface area contributed by atoms with Crippen molar-refractivity contribution in [2.75, 3.05) is 5.33 Å².